The van der Waals surface area contributed by atoms with Gasteiger partial charge in [-0.1, -0.05) is 32.4 Å². The maximum Gasteiger partial charge on any atom is 0.222 e. The predicted molar refractivity (Wildman–Crippen MR) is 80.4 cm³/mol. The molecule has 2 N–H and O–H groups in total. The van der Waals surface area contributed by atoms with E-state index < -0.39 is 6.10 Å². The minimum atomic E-state index is -0.604. The van der Waals surface area contributed by atoms with Crippen molar-refractivity contribution < 1.29 is 14.3 Å². The first kappa shape index (κ1) is 16.0. The molecule has 4 heteroatoms. The third kappa shape index (κ3) is 3.82. The van der Waals surface area contributed by atoms with E-state index in [0.717, 1.165) is 24.8 Å². The minimum absolute atomic E-state index is 0.0634. The van der Waals surface area contributed by atoms with Gasteiger partial charge in [-0.05, 0) is 36.5 Å². The number of nitrogens with one attached hydrogen (secondary N) is 1. The van der Waals surface area contributed by atoms with Crippen molar-refractivity contribution in [1.29, 1.82) is 0 Å². The molecule has 1 aromatic rings. The summed E-state index contributed by atoms with van der Waals surface area (Å²) in [5, 5.41) is 12.7. The molecule has 116 valence electrons. The lowest BCUT2D eigenvalue weighted by molar-refractivity contribution is -0.124. The number of carbonyl (C=O) groups excluding carboxylic acids is 1. The van der Waals surface area contributed by atoms with Crippen LogP contribution in [0.4, 0.5) is 4.39 Å². The first-order chi connectivity index (χ1) is 9.93. The van der Waals surface area contributed by atoms with Crippen LogP contribution in [0.1, 0.15) is 45.1 Å². The van der Waals surface area contributed by atoms with Crippen molar-refractivity contribution in [2.75, 3.05) is 6.54 Å². The van der Waals surface area contributed by atoms with Gasteiger partial charge in [0.15, 0.2) is 0 Å². The molecular weight excluding hydrogens is 269 g/mol. The summed E-state index contributed by atoms with van der Waals surface area (Å²) in [6.45, 7) is 4.34. The van der Waals surface area contributed by atoms with Gasteiger partial charge in [-0.25, -0.2) is 4.39 Å². The Morgan fingerprint density at radius 3 is 2.43 bits per heavy atom. The molecule has 0 spiro atoms. The molecule has 0 heterocycles. The second-order valence-corrected chi connectivity index (χ2v) is 6.43. The SMILES string of the molecule is CC(C)C(O)CC(=O)NCC1(c2ccc(F)cc2)CCC1. The molecule has 1 aliphatic rings. The van der Waals surface area contributed by atoms with Crippen molar-refractivity contribution >= 4 is 5.91 Å². The molecular formula is C17H24FNO2. The van der Waals surface area contributed by atoms with E-state index in [1.807, 2.05) is 26.0 Å². The summed E-state index contributed by atoms with van der Waals surface area (Å²) in [6.07, 6.45) is 2.67. The highest BCUT2D eigenvalue weighted by atomic mass is 19.1. The number of aliphatic hydroxyl groups excluding tert-OH is 1. The van der Waals surface area contributed by atoms with Crippen molar-refractivity contribution in [1.82, 2.24) is 5.32 Å². The van der Waals surface area contributed by atoms with Crippen molar-refractivity contribution in [3.63, 3.8) is 0 Å². The summed E-state index contributed by atoms with van der Waals surface area (Å²) in [4.78, 5) is 11.9. The van der Waals surface area contributed by atoms with Gasteiger partial charge in [0.05, 0.1) is 12.5 Å². The smallest absolute Gasteiger partial charge is 0.222 e. The predicted octanol–water partition coefficient (Wildman–Crippen LogP) is 2.77. The summed E-state index contributed by atoms with van der Waals surface area (Å²) in [5.41, 5.74) is 1.02. The second-order valence-electron chi connectivity index (χ2n) is 6.43. The van der Waals surface area contributed by atoms with Crippen molar-refractivity contribution in [3.05, 3.63) is 35.6 Å². The Hall–Kier alpha value is -1.42. The molecule has 1 aromatic carbocycles. The van der Waals surface area contributed by atoms with Gasteiger partial charge in [0.2, 0.25) is 5.91 Å². The second kappa shape index (κ2) is 6.56. The van der Waals surface area contributed by atoms with Crippen LogP contribution in [0.5, 0.6) is 0 Å². The van der Waals surface area contributed by atoms with Crippen LogP contribution in [-0.4, -0.2) is 23.7 Å². The Morgan fingerprint density at radius 1 is 1.33 bits per heavy atom. The van der Waals surface area contributed by atoms with E-state index in [-0.39, 0.29) is 29.5 Å². The Labute approximate surface area is 125 Å². The summed E-state index contributed by atoms with van der Waals surface area (Å²) < 4.78 is 13.0. The maximum absolute atomic E-state index is 13.0. The van der Waals surface area contributed by atoms with Gasteiger partial charge >= 0.3 is 0 Å². The lowest BCUT2D eigenvalue weighted by Gasteiger charge is -2.42. The molecule has 1 atom stereocenters. The van der Waals surface area contributed by atoms with E-state index in [0.29, 0.717) is 6.54 Å². The van der Waals surface area contributed by atoms with E-state index in [4.69, 9.17) is 0 Å². The number of halogens is 1. The molecule has 1 fully saturated rings. The van der Waals surface area contributed by atoms with Crippen molar-refractivity contribution in [3.8, 4) is 0 Å². The van der Waals surface area contributed by atoms with E-state index in [2.05, 4.69) is 5.32 Å². The van der Waals surface area contributed by atoms with Gasteiger partial charge in [-0.15, -0.1) is 0 Å². The van der Waals surface area contributed by atoms with Crippen LogP contribution in [0.15, 0.2) is 24.3 Å². The van der Waals surface area contributed by atoms with Crippen LogP contribution in [0, 0.1) is 11.7 Å². The van der Waals surface area contributed by atoms with Crippen LogP contribution >= 0.6 is 0 Å². The first-order valence-corrected chi connectivity index (χ1v) is 7.64. The summed E-state index contributed by atoms with van der Waals surface area (Å²) >= 11 is 0. The quantitative estimate of drug-likeness (QED) is 0.847. The lowest BCUT2D eigenvalue weighted by Crippen LogP contribution is -2.46. The molecule has 1 aliphatic carbocycles. The fraction of sp³-hybridized carbons (Fsp3) is 0.588. The van der Waals surface area contributed by atoms with Gasteiger partial charge in [0.1, 0.15) is 5.82 Å². The van der Waals surface area contributed by atoms with Crippen molar-refractivity contribution in [2.24, 2.45) is 5.92 Å². The standard InChI is InChI=1S/C17H24FNO2/c1-12(2)15(20)10-16(21)19-11-17(8-3-9-17)13-4-6-14(18)7-5-13/h4-7,12,15,20H,3,8-11H2,1-2H3,(H,19,21). The summed E-state index contributed by atoms with van der Waals surface area (Å²) in [6, 6.07) is 6.56. The third-order valence-corrected chi connectivity index (χ3v) is 4.56. The summed E-state index contributed by atoms with van der Waals surface area (Å²) in [7, 11) is 0. The van der Waals surface area contributed by atoms with Crippen molar-refractivity contribution in [2.45, 2.75) is 51.0 Å². The zero-order chi connectivity index (χ0) is 15.5. The first-order valence-electron chi connectivity index (χ1n) is 7.64. The molecule has 0 aromatic heterocycles. The lowest BCUT2D eigenvalue weighted by atomic mass is 9.64. The fourth-order valence-corrected chi connectivity index (χ4v) is 2.74. The third-order valence-electron chi connectivity index (χ3n) is 4.56. The van der Waals surface area contributed by atoms with E-state index in [1.165, 1.54) is 12.1 Å². The number of benzene rings is 1. The highest BCUT2D eigenvalue weighted by molar-refractivity contribution is 5.76. The minimum Gasteiger partial charge on any atom is -0.392 e. The van der Waals surface area contributed by atoms with Crippen LogP contribution in [0.3, 0.4) is 0 Å². The number of hydrogen-bond acceptors (Lipinski definition) is 2. The molecule has 0 bridgehead atoms. The molecule has 0 saturated heterocycles. The Kier molecular flexibility index (Phi) is 4.99. The molecule has 1 unspecified atom stereocenters. The number of aliphatic hydroxyl groups is 1. The monoisotopic (exact) mass is 293 g/mol. The number of carbonyl (C=O) groups is 1. The number of hydrogen-bond donors (Lipinski definition) is 2. The van der Waals surface area contributed by atoms with Crippen LogP contribution in [0.2, 0.25) is 0 Å². The molecule has 2 rings (SSSR count). The maximum atomic E-state index is 13.0. The van der Waals surface area contributed by atoms with Crippen LogP contribution < -0.4 is 5.32 Å². The average Bonchev–Trinajstić information content (AvgIpc) is 2.39. The zero-order valence-corrected chi connectivity index (χ0v) is 12.7. The normalized spacial score (nSPS) is 18.1. The van der Waals surface area contributed by atoms with Gasteiger partial charge in [0.25, 0.3) is 0 Å². The van der Waals surface area contributed by atoms with E-state index in [1.54, 1.807) is 0 Å². The largest absolute Gasteiger partial charge is 0.392 e. The Balaban J connectivity index is 1.93. The Morgan fingerprint density at radius 2 is 1.95 bits per heavy atom. The average molecular weight is 293 g/mol. The number of amides is 1. The number of rotatable bonds is 6. The zero-order valence-electron chi connectivity index (χ0n) is 12.7. The molecule has 1 saturated carbocycles. The molecule has 21 heavy (non-hydrogen) atoms. The van der Waals surface area contributed by atoms with Crippen LogP contribution in [0.25, 0.3) is 0 Å². The topological polar surface area (TPSA) is 49.3 Å². The van der Waals surface area contributed by atoms with Gasteiger partial charge < -0.3 is 10.4 Å². The highest BCUT2D eigenvalue weighted by Crippen LogP contribution is 2.43. The van der Waals surface area contributed by atoms with Crippen LogP contribution in [-0.2, 0) is 10.2 Å². The van der Waals surface area contributed by atoms with Gasteiger partial charge in [-0.3, -0.25) is 4.79 Å². The van der Waals surface area contributed by atoms with Gasteiger partial charge in [-0.2, -0.15) is 0 Å². The van der Waals surface area contributed by atoms with E-state index >= 15 is 0 Å². The fourth-order valence-electron chi connectivity index (χ4n) is 2.74. The summed E-state index contributed by atoms with van der Waals surface area (Å²) in [5.74, 6) is -0.285. The molecule has 0 aliphatic heterocycles. The molecule has 0 radical (unpaired) electrons. The molecule has 1 amide bonds. The van der Waals surface area contributed by atoms with E-state index in [9.17, 15) is 14.3 Å². The molecule has 3 nitrogen and oxygen atoms in total. The Bertz CT molecular complexity index is 480. The van der Waals surface area contributed by atoms with Gasteiger partial charge in [0, 0.05) is 12.0 Å². The highest BCUT2D eigenvalue weighted by Gasteiger charge is 2.38.